The van der Waals surface area contributed by atoms with Gasteiger partial charge in [0.2, 0.25) is 0 Å². The molecule has 0 aliphatic carbocycles. The zero-order valence-electron chi connectivity index (χ0n) is 6.76. The van der Waals surface area contributed by atoms with Crippen LogP contribution in [0.2, 0.25) is 0 Å². The lowest BCUT2D eigenvalue weighted by Crippen LogP contribution is -2.11. The molecule has 0 fully saturated rings. The minimum absolute atomic E-state index is 0.869. The zero-order valence-corrected chi connectivity index (χ0v) is 9.45. The topological polar surface area (TPSA) is 165 Å². The van der Waals surface area contributed by atoms with Gasteiger partial charge >= 0.3 is 23.2 Å². The van der Waals surface area contributed by atoms with Crippen LogP contribution in [-0.2, 0) is 18.0 Å². The highest BCUT2D eigenvalue weighted by Crippen LogP contribution is 2.58. The molecule has 0 aromatic rings. The lowest BCUT2D eigenvalue weighted by molar-refractivity contribution is 0.313. The molecule has 0 radical (unpaired) electrons. The van der Waals surface area contributed by atoms with Crippen molar-refractivity contribution in [3.8, 4) is 0 Å². The number of nitrogens with one attached hydrogen (secondary N) is 2. The second-order valence-electron chi connectivity index (χ2n) is 1.99. The molecule has 0 aromatic carbocycles. The van der Waals surface area contributed by atoms with E-state index in [1.165, 1.54) is 0 Å². The van der Waals surface area contributed by atoms with Gasteiger partial charge in [0, 0.05) is 0 Å². The normalized spacial score (nSPS) is 21.2. The van der Waals surface area contributed by atoms with Crippen molar-refractivity contribution in [1.82, 2.24) is 9.95 Å². The molecule has 6 N–H and O–H groups in total. The maximum Gasteiger partial charge on any atom is 0.420 e. The quantitative estimate of drug-likeness (QED) is 0.345. The van der Waals surface area contributed by atoms with Crippen LogP contribution in [0.1, 0.15) is 0 Å². The molecule has 2 unspecified atom stereocenters. The standard InChI is InChI=1S/CH9N2O8P3/c1-2-13(7,8)11-14(9,10)3-12(4,5)6/h1H3,(H2,2,7,8)(H4,3,4,5,6,9,10). The first-order valence-electron chi connectivity index (χ1n) is 2.88. The minimum Gasteiger partial charge on any atom is -0.312 e. The van der Waals surface area contributed by atoms with Crippen molar-refractivity contribution in [2.75, 3.05) is 7.05 Å². The van der Waals surface area contributed by atoms with Gasteiger partial charge in [0.05, 0.1) is 0 Å². The first kappa shape index (κ1) is 14.4. The fourth-order valence-corrected chi connectivity index (χ4v) is 3.69. The van der Waals surface area contributed by atoms with Gasteiger partial charge in [0.25, 0.3) is 0 Å². The molecule has 0 saturated carbocycles. The van der Waals surface area contributed by atoms with E-state index in [-0.39, 0.29) is 0 Å². The summed E-state index contributed by atoms with van der Waals surface area (Å²) in [5.74, 6) is 0. The molecule has 0 heterocycles. The van der Waals surface area contributed by atoms with Crippen LogP contribution in [0.4, 0.5) is 0 Å². The SMILES string of the molecule is CNP(=O)(O)OP(=O)(O)NP(=O)(O)O. The summed E-state index contributed by atoms with van der Waals surface area (Å²) in [5.41, 5.74) is 0. The van der Waals surface area contributed by atoms with E-state index in [0.717, 1.165) is 11.9 Å². The van der Waals surface area contributed by atoms with Crippen LogP contribution >= 0.6 is 23.2 Å². The minimum atomic E-state index is -5.04. The van der Waals surface area contributed by atoms with Crippen LogP contribution in [0.3, 0.4) is 0 Å². The van der Waals surface area contributed by atoms with Crippen LogP contribution in [0.25, 0.3) is 0 Å². The zero-order chi connectivity index (χ0) is 11.6. The van der Waals surface area contributed by atoms with Crippen molar-refractivity contribution in [2.45, 2.75) is 0 Å². The Kier molecular flexibility index (Phi) is 4.64. The average molecular weight is 270 g/mol. The third-order valence-electron chi connectivity index (χ3n) is 0.761. The van der Waals surface area contributed by atoms with Gasteiger partial charge in [0.15, 0.2) is 0 Å². The van der Waals surface area contributed by atoms with Gasteiger partial charge in [-0.25, -0.2) is 23.1 Å². The van der Waals surface area contributed by atoms with E-state index in [9.17, 15) is 13.7 Å². The molecule has 0 rings (SSSR count). The summed E-state index contributed by atoms with van der Waals surface area (Å²) in [6.07, 6.45) is 0. The number of hydrogen-bond donors (Lipinski definition) is 6. The maximum atomic E-state index is 10.8. The molecular weight excluding hydrogens is 261 g/mol. The second-order valence-corrected chi connectivity index (χ2v) is 7.06. The summed E-state index contributed by atoms with van der Waals surface area (Å²) in [6.45, 7) is 0. The molecule has 86 valence electrons. The molecule has 0 saturated heterocycles. The summed E-state index contributed by atoms with van der Waals surface area (Å²) in [7, 11) is -13.7. The third-order valence-corrected chi connectivity index (χ3v) is 5.15. The second kappa shape index (κ2) is 4.51. The highest BCUT2D eigenvalue weighted by atomic mass is 31.3. The van der Waals surface area contributed by atoms with Crippen LogP contribution in [-0.4, -0.2) is 26.6 Å². The molecule has 2 atom stereocenters. The Balaban J connectivity index is 4.60. The van der Waals surface area contributed by atoms with E-state index in [2.05, 4.69) is 4.31 Å². The maximum absolute atomic E-state index is 10.8. The third kappa shape index (κ3) is 6.80. The van der Waals surface area contributed by atoms with E-state index in [4.69, 9.17) is 19.6 Å². The molecule has 0 spiro atoms. The van der Waals surface area contributed by atoms with Gasteiger partial charge in [-0.1, -0.05) is 0 Å². The van der Waals surface area contributed by atoms with Crippen molar-refractivity contribution < 1.29 is 37.6 Å². The number of hydrogen-bond acceptors (Lipinski definition) is 4. The van der Waals surface area contributed by atoms with Crippen molar-refractivity contribution in [2.24, 2.45) is 0 Å². The van der Waals surface area contributed by atoms with Gasteiger partial charge in [-0.2, -0.15) is 0 Å². The van der Waals surface area contributed by atoms with Gasteiger partial charge in [-0.05, 0) is 7.05 Å². The smallest absolute Gasteiger partial charge is 0.312 e. The predicted molar refractivity (Wildman–Crippen MR) is 45.0 cm³/mol. The highest BCUT2D eigenvalue weighted by Gasteiger charge is 2.36. The molecule has 0 bridgehead atoms. The summed E-state index contributed by atoms with van der Waals surface area (Å²) < 4.78 is 35.3. The molecule has 13 heteroatoms. The fourth-order valence-electron chi connectivity index (χ4n) is 0.374. The van der Waals surface area contributed by atoms with Crippen LogP contribution < -0.4 is 9.95 Å². The summed E-state index contributed by atoms with van der Waals surface area (Å²) in [5, 5.41) is 1.65. The van der Waals surface area contributed by atoms with E-state index < -0.39 is 23.2 Å². The lowest BCUT2D eigenvalue weighted by Gasteiger charge is -2.16. The largest absolute Gasteiger partial charge is 0.420 e. The van der Waals surface area contributed by atoms with Gasteiger partial charge < -0.3 is 19.6 Å². The molecule has 0 amide bonds. The van der Waals surface area contributed by atoms with Crippen LogP contribution in [0, 0.1) is 0 Å². The van der Waals surface area contributed by atoms with Crippen LogP contribution in [0.5, 0.6) is 0 Å². The Hall–Kier alpha value is 0.410. The number of rotatable bonds is 5. The van der Waals surface area contributed by atoms with Crippen molar-refractivity contribution >= 4 is 23.2 Å². The Labute approximate surface area is 78.7 Å². The Morgan fingerprint density at radius 2 is 1.43 bits per heavy atom. The molecule has 0 aliphatic heterocycles. The van der Waals surface area contributed by atoms with E-state index in [1.807, 2.05) is 0 Å². The Morgan fingerprint density at radius 1 is 1.00 bits per heavy atom. The van der Waals surface area contributed by atoms with Crippen LogP contribution in [0.15, 0.2) is 0 Å². The van der Waals surface area contributed by atoms with E-state index in [1.54, 1.807) is 5.09 Å². The Bertz CT molecular complexity index is 331. The molecule has 10 nitrogen and oxygen atoms in total. The molecule has 0 aliphatic rings. The van der Waals surface area contributed by atoms with Crippen molar-refractivity contribution in [3.63, 3.8) is 0 Å². The van der Waals surface area contributed by atoms with Gasteiger partial charge in [0.1, 0.15) is 0 Å². The molecule has 14 heavy (non-hydrogen) atoms. The first-order chi connectivity index (χ1) is 5.97. The lowest BCUT2D eigenvalue weighted by atomic mass is 11.6. The van der Waals surface area contributed by atoms with Gasteiger partial charge in [-0.15, -0.1) is 4.86 Å². The monoisotopic (exact) mass is 270 g/mol. The summed E-state index contributed by atoms with van der Waals surface area (Å²) in [6, 6.07) is 0. The van der Waals surface area contributed by atoms with E-state index in [0.29, 0.717) is 0 Å². The average Bonchev–Trinajstić information content (AvgIpc) is 1.78. The van der Waals surface area contributed by atoms with Gasteiger partial charge in [-0.3, -0.25) is 0 Å². The highest BCUT2D eigenvalue weighted by molar-refractivity contribution is 7.71. The summed E-state index contributed by atoms with van der Waals surface area (Å²) >= 11 is 0. The van der Waals surface area contributed by atoms with Crippen molar-refractivity contribution in [1.29, 1.82) is 0 Å². The predicted octanol–water partition coefficient (Wildman–Crippen LogP) is -0.895. The first-order valence-corrected chi connectivity index (χ1v) is 7.65. The molecule has 0 aromatic heterocycles. The Morgan fingerprint density at radius 3 is 1.71 bits per heavy atom. The molecular formula is CH9N2O8P3. The fraction of sp³-hybridized carbons (Fsp3) is 1.00. The van der Waals surface area contributed by atoms with Crippen molar-refractivity contribution in [3.05, 3.63) is 0 Å². The van der Waals surface area contributed by atoms with E-state index >= 15 is 0 Å². The summed E-state index contributed by atoms with van der Waals surface area (Å²) in [4.78, 5) is 34.6.